The molecule has 1 heterocycles. The van der Waals surface area contributed by atoms with E-state index >= 15 is 0 Å². The molecule has 6 nitrogen and oxygen atoms in total. The highest BCUT2D eigenvalue weighted by atomic mass is 32.2. The van der Waals surface area contributed by atoms with E-state index in [0.29, 0.717) is 17.1 Å². The monoisotopic (exact) mass is 388 g/mol. The van der Waals surface area contributed by atoms with E-state index in [1.165, 1.54) is 4.31 Å². The number of nitrogens with one attached hydrogen (secondary N) is 1. The highest BCUT2D eigenvalue weighted by Gasteiger charge is 2.31. The van der Waals surface area contributed by atoms with Crippen molar-refractivity contribution >= 4 is 27.3 Å². The zero-order valence-corrected chi connectivity index (χ0v) is 16.8. The van der Waals surface area contributed by atoms with Crippen molar-refractivity contribution in [3.8, 4) is 5.75 Å². The predicted octanol–water partition coefficient (Wildman–Crippen LogP) is 3.17. The van der Waals surface area contributed by atoms with Crippen LogP contribution in [0.4, 0.5) is 11.4 Å². The van der Waals surface area contributed by atoms with Gasteiger partial charge in [-0.3, -0.25) is 9.10 Å². The first-order valence-electron chi connectivity index (χ1n) is 8.77. The van der Waals surface area contributed by atoms with Crippen molar-refractivity contribution in [3.05, 3.63) is 53.1 Å². The molecule has 0 spiro atoms. The Kier molecular flexibility index (Phi) is 5.15. The molecule has 0 fully saturated rings. The van der Waals surface area contributed by atoms with Gasteiger partial charge in [0, 0.05) is 18.7 Å². The molecule has 27 heavy (non-hydrogen) atoms. The zero-order chi connectivity index (χ0) is 19.8. The Labute approximate surface area is 160 Å². The fourth-order valence-electron chi connectivity index (χ4n) is 3.29. The SMILES string of the molecule is Cc1cc(C)cc(NC(=O)[C@H]2CCN(S(C)(=O)=O)c3cc(C)ccc3O2)c1. The summed E-state index contributed by atoms with van der Waals surface area (Å²) in [6.07, 6.45) is 0.644. The highest BCUT2D eigenvalue weighted by Crippen LogP contribution is 2.35. The number of carbonyl (C=O) groups is 1. The molecule has 1 aliphatic heterocycles. The van der Waals surface area contributed by atoms with E-state index in [-0.39, 0.29) is 18.9 Å². The van der Waals surface area contributed by atoms with Crippen LogP contribution < -0.4 is 14.4 Å². The molecule has 2 aromatic rings. The van der Waals surface area contributed by atoms with Crippen LogP contribution in [0.15, 0.2) is 36.4 Å². The van der Waals surface area contributed by atoms with Crippen LogP contribution in [-0.4, -0.2) is 33.2 Å². The fraction of sp³-hybridized carbons (Fsp3) is 0.350. The Morgan fingerprint density at radius 3 is 2.37 bits per heavy atom. The summed E-state index contributed by atoms with van der Waals surface area (Å²) in [5.74, 6) is 0.103. The quantitative estimate of drug-likeness (QED) is 0.876. The molecule has 1 aliphatic rings. The molecule has 0 saturated heterocycles. The van der Waals surface area contributed by atoms with Crippen LogP contribution in [0.3, 0.4) is 0 Å². The third kappa shape index (κ3) is 4.42. The summed E-state index contributed by atoms with van der Waals surface area (Å²) in [6, 6.07) is 11.1. The molecular weight excluding hydrogens is 364 g/mol. The molecule has 1 atom stereocenters. The number of amides is 1. The summed E-state index contributed by atoms with van der Waals surface area (Å²) in [5, 5.41) is 2.88. The minimum Gasteiger partial charge on any atom is -0.478 e. The van der Waals surface area contributed by atoms with Gasteiger partial charge in [0.2, 0.25) is 10.0 Å². The van der Waals surface area contributed by atoms with E-state index in [4.69, 9.17) is 4.74 Å². The molecular formula is C20H24N2O4S. The van der Waals surface area contributed by atoms with Gasteiger partial charge in [0.25, 0.3) is 5.91 Å². The maximum absolute atomic E-state index is 12.8. The topological polar surface area (TPSA) is 75.7 Å². The second-order valence-electron chi connectivity index (χ2n) is 7.07. The van der Waals surface area contributed by atoms with Crippen molar-refractivity contribution in [1.82, 2.24) is 0 Å². The lowest BCUT2D eigenvalue weighted by molar-refractivity contribution is -0.122. The van der Waals surface area contributed by atoms with E-state index in [2.05, 4.69) is 5.32 Å². The van der Waals surface area contributed by atoms with Crippen molar-refractivity contribution < 1.29 is 17.9 Å². The van der Waals surface area contributed by atoms with E-state index in [1.807, 2.05) is 45.0 Å². The van der Waals surface area contributed by atoms with E-state index in [1.54, 1.807) is 12.1 Å². The van der Waals surface area contributed by atoms with Crippen molar-refractivity contribution in [2.24, 2.45) is 0 Å². The number of benzene rings is 2. The number of nitrogens with zero attached hydrogens (tertiary/aromatic N) is 1. The molecule has 1 N–H and O–H groups in total. The molecule has 0 radical (unpaired) electrons. The normalized spacial score (nSPS) is 16.9. The Morgan fingerprint density at radius 2 is 1.74 bits per heavy atom. The molecule has 0 unspecified atom stereocenters. The number of fused-ring (bicyclic) bond motifs is 1. The van der Waals surface area contributed by atoms with Gasteiger partial charge in [-0.25, -0.2) is 8.42 Å². The number of aryl methyl sites for hydroxylation is 3. The lowest BCUT2D eigenvalue weighted by atomic mass is 10.1. The van der Waals surface area contributed by atoms with Crippen molar-refractivity contribution in [2.45, 2.75) is 33.3 Å². The number of sulfonamides is 1. The smallest absolute Gasteiger partial charge is 0.265 e. The predicted molar refractivity (Wildman–Crippen MR) is 107 cm³/mol. The third-order valence-corrected chi connectivity index (χ3v) is 5.61. The van der Waals surface area contributed by atoms with Gasteiger partial charge in [-0.15, -0.1) is 0 Å². The second-order valence-corrected chi connectivity index (χ2v) is 8.97. The van der Waals surface area contributed by atoms with Gasteiger partial charge in [0.15, 0.2) is 6.10 Å². The van der Waals surface area contributed by atoms with Crippen LogP contribution in [0, 0.1) is 20.8 Å². The van der Waals surface area contributed by atoms with Crippen LogP contribution in [0.5, 0.6) is 5.75 Å². The molecule has 1 amide bonds. The number of carbonyl (C=O) groups excluding carboxylic acids is 1. The maximum atomic E-state index is 12.8. The van der Waals surface area contributed by atoms with E-state index < -0.39 is 16.1 Å². The van der Waals surface area contributed by atoms with Gasteiger partial charge in [0.1, 0.15) is 5.75 Å². The maximum Gasteiger partial charge on any atom is 0.265 e. The van der Waals surface area contributed by atoms with Gasteiger partial charge >= 0.3 is 0 Å². The standard InChI is InChI=1S/C20H24N2O4S/c1-13-5-6-18-17(12-13)22(27(4,24)25)8-7-19(26-18)20(23)21-16-10-14(2)9-15(3)11-16/h5-6,9-12,19H,7-8H2,1-4H3,(H,21,23)/t19-/m1/s1. The van der Waals surface area contributed by atoms with Crippen LogP contribution in [0.25, 0.3) is 0 Å². The number of hydrogen-bond donors (Lipinski definition) is 1. The number of anilines is 2. The molecule has 3 rings (SSSR count). The van der Waals surface area contributed by atoms with Crippen molar-refractivity contribution in [1.29, 1.82) is 0 Å². The molecule has 144 valence electrons. The van der Waals surface area contributed by atoms with Crippen molar-refractivity contribution in [2.75, 3.05) is 22.4 Å². The Hall–Kier alpha value is -2.54. The summed E-state index contributed by atoms with van der Waals surface area (Å²) in [5.41, 5.74) is 4.20. The molecule has 7 heteroatoms. The highest BCUT2D eigenvalue weighted by molar-refractivity contribution is 7.92. The van der Waals surface area contributed by atoms with Crippen LogP contribution in [0.2, 0.25) is 0 Å². The van der Waals surface area contributed by atoms with Crippen LogP contribution in [0.1, 0.15) is 23.1 Å². The Balaban J connectivity index is 1.88. The first-order chi connectivity index (χ1) is 12.6. The van der Waals surface area contributed by atoms with Gasteiger partial charge in [-0.1, -0.05) is 12.1 Å². The second kappa shape index (κ2) is 7.23. The minimum atomic E-state index is -3.48. The van der Waals surface area contributed by atoms with E-state index in [0.717, 1.165) is 22.9 Å². The van der Waals surface area contributed by atoms with Crippen LogP contribution >= 0.6 is 0 Å². The van der Waals surface area contributed by atoms with Crippen LogP contribution in [-0.2, 0) is 14.8 Å². The van der Waals surface area contributed by atoms with Gasteiger partial charge in [-0.2, -0.15) is 0 Å². The Bertz CT molecular complexity index is 965. The number of hydrogen-bond acceptors (Lipinski definition) is 4. The van der Waals surface area contributed by atoms with E-state index in [9.17, 15) is 13.2 Å². The number of rotatable bonds is 3. The lowest BCUT2D eigenvalue weighted by Gasteiger charge is -2.21. The molecule has 0 bridgehead atoms. The average Bonchev–Trinajstić information content (AvgIpc) is 2.72. The summed E-state index contributed by atoms with van der Waals surface area (Å²) in [7, 11) is -3.48. The summed E-state index contributed by atoms with van der Waals surface area (Å²) >= 11 is 0. The molecule has 0 aromatic heterocycles. The van der Waals surface area contributed by atoms with Gasteiger partial charge in [-0.05, 0) is 61.7 Å². The molecule has 2 aromatic carbocycles. The molecule has 0 aliphatic carbocycles. The zero-order valence-electron chi connectivity index (χ0n) is 15.9. The third-order valence-electron chi connectivity index (χ3n) is 4.43. The fourth-order valence-corrected chi connectivity index (χ4v) is 4.22. The van der Waals surface area contributed by atoms with Gasteiger partial charge in [0.05, 0.1) is 11.9 Å². The Morgan fingerprint density at radius 1 is 1.07 bits per heavy atom. The van der Waals surface area contributed by atoms with Crippen molar-refractivity contribution in [3.63, 3.8) is 0 Å². The largest absolute Gasteiger partial charge is 0.478 e. The minimum absolute atomic E-state index is 0.181. The average molecular weight is 388 g/mol. The van der Waals surface area contributed by atoms with Gasteiger partial charge < -0.3 is 10.1 Å². The summed E-state index contributed by atoms with van der Waals surface area (Å²) in [6.45, 7) is 6.00. The molecule has 0 saturated carbocycles. The number of ether oxygens (including phenoxy) is 1. The lowest BCUT2D eigenvalue weighted by Crippen LogP contribution is -2.36. The first-order valence-corrected chi connectivity index (χ1v) is 10.6. The summed E-state index contributed by atoms with van der Waals surface area (Å²) in [4.78, 5) is 12.8. The first kappa shape index (κ1) is 19.2. The summed E-state index contributed by atoms with van der Waals surface area (Å²) < 4.78 is 31.7.